The van der Waals surface area contributed by atoms with Crippen molar-refractivity contribution < 1.29 is 4.79 Å². The molecule has 3 aromatic carbocycles. The Bertz CT molecular complexity index is 1380. The van der Waals surface area contributed by atoms with Crippen LogP contribution < -0.4 is 10.2 Å². The molecule has 1 N–H and O–H groups in total. The first kappa shape index (κ1) is 24.7. The lowest BCUT2D eigenvalue weighted by atomic mass is 10.2. The van der Waals surface area contributed by atoms with Crippen LogP contribution in [0.15, 0.2) is 71.9 Å². The summed E-state index contributed by atoms with van der Waals surface area (Å²) >= 11 is 7.77. The summed E-state index contributed by atoms with van der Waals surface area (Å²) in [4.78, 5) is 22.7. The van der Waals surface area contributed by atoms with Crippen molar-refractivity contribution in [2.24, 2.45) is 0 Å². The van der Waals surface area contributed by atoms with Crippen LogP contribution >= 0.6 is 23.4 Å². The zero-order valence-corrected chi connectivity index (χ0v) is 22.3. The maximum Gasteiger partial charge on any atom is 0.237 e. The molecular formula is C28H30ClN5OS. The number of amides is 1. The average Bonchev–Trinajstić information content (AvgIpc) is 3.24. The van der Waals surface area contributed by atoms with E-state index in [4.69, 9.17) is 16.6 Å². The van der Waals surface area contributed by atoms with Crippen molar-refractivity contribution in [3.05, 3.63) is 77.3 Å². The Kier molecular flexibility index (Phi) is 7.23. The van der Waals surface area contributed by atoms with E-state index in [1.54, 1.807) is 0 Å². The Morgan fingerprint density at radius 1 is 1.00 bits per heavy atom. The highest BCUT2D eigenvalue weighted by molar-refractivity contribution is 8.00. The molecule has 1 amide bonds. The number of nitrogens with zero attached hydrogens (tertiary/aromatic N) is 4. The van der Waals surface area contributed by atoms with Gasteiger partial charge in [-0.15, -0.1) is 0 Å². The molecule has 0 radical (unpaired) electrons. The molecule has 1 unspecified atom stereocenters. The maximum atomic E-state index is 13.0. The summed E-state index contributed by atoms with van der Waals surface area (Å²) in [6, 6.07) is 22.3. The first-order valence-corrected chi connectivity index (χ1v) is 13.4. The third kappa shape index (κ3) is 5.24. The second kappa shape index (κ2) is 10.5. The van der Waals surface area contributed by atoms with Gasteiger partial charge in [0.05, 0.1) is 27.0 Å². The number of anilines is 2. The van der Waals surface area contributed by atoms with E-state index in [0.29, 0.717) is 10.7 Å². The molecule has 1 saturated heterocycles. The van der Waals surface area contributed by atoms with Crippen LogP contribution in [0.4, 0.5) is 11.4 Å². The molecule has 0 saturated carbocycles. The fourth-order valence-electron chi connectivity index (χ4n) is 4.38. The first-order chi connectivity index (χ1) is 17.4. The molecule has 36 heavy (non-hydrogen) atoms. The zero-order valence-electron chi connectivity index (χ0n) is 20.7. The van der Waals surface area contributed by atoms with Crippen LogP contribution in [0.25, 0.3) is 16.7 Å². The van der Waals surface area contributed by atoms with Crippen molar-refractivity contribution in [2.75, 3.05) is 43.4 Å². The summed E-state index contributed by atoms with van der Waals surface area (Å²) < 4.78 is 2.14. The monoisotopic (exact) mass is 519 g/mol. The number of fused-ring (bicyclic) bond motifs is 1. The molecule has 186 valence electrons. The van der Waals surface area contributed by atoms with E-state index in [9.17, 15) is 4.79 Å². The molecule has 2 heterocycles. The number of carbonyl (C=O) groups excluding carboxylic acids is 1. The zero-order chi connectivity index (χ0) is 25.2. The van der Waals surface area contributed by atoms with Crippen LogP contribution in [0.1, 0.15) is 12.5 Å². The Hall–Kier alpha value is -3.00. The van der Waals surface area contributed by atoms with Gasteiger partial charge < -0.3 is 15.1 Å². The SMILES string of the molecule is Cc1ccc(NC(=O)C(C)Sc2nc3ccccc3n2-c2ccc(N3CCN(C)CC3)cc2)c(Cl)c1. The van der Waals surface area contributed by atoms with E-state index in [1.807, 2.05) is 50.2 Å². The predicted octanol–water partition coefficient (Wildman–Crippen LogP) is 5.86. The number of hydrogen-bond acceptors (Lipinski definition) is 5. The molecule has 0 bridgehead atoms. The lowest BCUT2D eigenvalue weighted by molar-refractivity contribution is -0.115. The number of imidazole rings is 1. The molecule has 6 nitrogen and oxygen atoms in total. The van der Waals surface area contributed by atoms with Gasteiger partial charge in [-0.05, 0) is 75.0 Å². The second-order valence-electron chi connectivity index (χ2n) is 9.26. The number of carbonyl (C=O) groups is 1. The minimum Gasteiger partial charge on any atom is -0.369 e. The summed E-state index contributed by atoms with van der Waals surface area (Å²) in [5, 5.41) is 3.90. The maximum absolute atomic E-state index is 13.0. The van der Waals surface area contributed by atoms with E-state index in [2.05, 4.69) is 57.1 Å². The predicted molar refractivity (Wildman–Crippen MR) is 151 cm³/mol. The topological polar surface area (TPSA) is 53.4 Å². The number of para-hydroxylation sites is 2. The number of benzene rings is 3. The van der Waals surface area contributed by atoms with E-state index < -0.39 is 0 Å². The van der Waals surface area contributed by atoms with Crippen molar-refractivity contribution in [2.45, 2.75) is 24.3 Å². The molecule has 5 rings (SSSR count). The fourth-order valence-corrected chi connectivity index (χ4v) is 5.60. The number of aromatic nitrogens is 2. The highest BCUT2D eigenvalue weighted by Crippen LogP contribution is 2.32. The van der Waals surface area contributed by atoms with Gasteiger partial charge in [-0.25, -0.2) is 4.98 Å². The largest absolute Gasteiger partial charge is 0.369 e. The highest BCUT2D eigenvalue weighted by atomic mass is 35.5. The van der Waals surface area contributed by atoms with Gasteiger partial charge in [0.15, 0.2) is 5.16 Å². The third-order valence-electron chi connectivity index (χ3n) is 6.54. The van der Waals surface area contributed by atoms with Gasteiger partial charge in [-0.1, -0.05) is 41.6 Å². The van der Waals surface area contributed by atoms with Gasteiger partial charge >= 0.3 is 0 Å². The average molecular weight is 520 g/mol. The lowest BCUT2D eigenvalue weighted by Crippen LogP contribution is -2.44. The Balaban J connectivity index is 1.39. The smallest absolute Gasteiger partial charge is 0.237 e. The van der Waals surface area contributed by atoms with Gasteiger partial charge in [-0.3, -0.25) is 9.36 Å². The second-order valence-corrected chi connectivity index (χ2v) is 11.0. The highest BCUT2D eigenvalue weighted by Gasteiger charge is 2.21. The molecule has 4 aromatic rings. The third-order valence-corrected chi connectivity index (χ3v) is 7.91. The Labute approximate surface area is 221 Å². The van der Waals surface area contributed by atoms with E-state index in [1.165, 1.54) is 17.4 Å². The summed E-state index contributed by atoms with van der Waals surface area (Å²) in [7, 11) is 2.17. The Morgan fingerprint density at radius 3 is 2.42 bits per heavy atom. The van der Waals surface area contributed by atoms with Gasteiger partial charge in [0.2, 0.25) is 5.91 Å². The van der Waals surface area contributed by atoms with Crippen LogP contribution in [-0.2, 0) is 4.79 Å². The molecule has 1 fully saturated rings. The number of aryl methyl sites for hydroxylation is 1. The van der Waals surface area contributed by atoms with Crippen molar-refractivity contribution in [3.8, 4) is 5.69 Å². The number of nitrogens with one attached hydrogen (secondary N) is 1. The van der Waals surface area contributed by atoms with Crippen molar-refractivity contribution in [3.63, 3.8) is 0 Å². The number of hydrogen-bond donors (Lipinski definition) is 1. The molecule has 0 spiro atoms. The van der Waals surface area contributed by atoms with E-state index in [0.717, 1.165) is 53.6 Å². The van der Waals surface area contributed by atoms with Gasteiger partial charge in [0.1, 0.15) is 0 Å². The minimum atomic E-state index is -0.373. The first-order valence-electron chi connectivity index (χ1n) is 12.1. The number of likely N-dealkylation sites (N-methyl/N-ethyl adjacent to an activating group) is 1. The van der Waals surface area contributed by atoms with E-state index >= 15 is 0 Å². The number of rotatable bonds is 6. The van der Waals surface area contributed by atoms with Crippen molar-refractivity contribution in [1.82, 2.24) is 14.5 Å². The van der Waals surface area contributed by atoms with Crippen LogP contribution in [0.5, 0.6) is 0 Å². The van der Waals surface area contributed by atoms with Crippen molar-refractivity contribution >= 4 is 51.7 Å². The fraction of sp³-hybridized carbons (Fsp3) is 0.286. The van der Waals surface area contributed by atoms with Gasteiger partial charge in [0.25, 0.3) is 0 Å². The van der Waals surface area contributed by atoms with E-state index in [-0.39, 0.29) is 11.2 Å². The summed E-state index contributed by atoms with van der Waals surface area (Å²) in [5.74, 6) is -0.116. The number of halogens is 1. The molecule has 0 aliphatic carbocycles. The van der Waals surface area contributed by atoms with Crippen LogP contribution in [0.2, 0.25) is 5.02 Å². The lowest BCUT2D eigenvalue weighted by Gasteiger charge is -2.34. The standard InChI is InChI=1S/C28H30ClN5OS/c1-19-8-13-24(23(29)18-19)30-27(35)20(2)36-28-31-25-6-4-5-7-26(25)34(28)22-11-9-21(10-12-22)33-16-14-32(3)15-17-33/h4-13,18,20H,14-17H2,1-3H3,(H,30,35). The molecular weight excluding hydrogens is 490 g/mol. The normalized spacial score (nSPS) is 15.3. The number of thioether (sulfide) groups is 1. The molecule has 1 aliphatic heterocycles. The Morgan fingerprint density at radius 2 is 1.69 bits per heavy atom. The quantitative estimate of drug-likeness (QED) is 0.323. The van der Waals surface area contributed by atoms with Crippen LogP contribution in [-0.4, -0.2) is 58.8 Å². The summed E-state index contributed by atoms with van der Waals surface area (Å²) in [6.45, 7) is 8.07. The van der Waals surface area contributed by atoms with Crippen LogP contribution in [0.3, 0.4) is 0 Å². The number of piperazine rings is 1. The molecule has 1 atom stereocenters. The van der Waals surface area contributed by atoms with Crippen molar-refractivity contribution in [1.29, 1.82) is 0 Å². The molecule has 1 aromatic heterocycles. The van der Waals surface area contributed by atoms with Crippen LogP contribution in [0, 0.1) is 6.92 Å². The van der Waals surface area contributed by atoms with Gasteiger partial charge in [-0.2, -0.15) is 0 Å². The summed E-state index contributed by atoms with van der Waals surface area (Å²) in [6.07, 6.45) is 0. The summed E-state index contributed by atoms with van der Waals surface area (Å²) in [5.41, 5.74) is 5.84. The molecule has 8 heteroatoms. The van der Waals surface area contributed by atoms with Gasteiger partial charge in [0, 0.05) is 37.6 Å². The minimum absolute atomic E-state index is 0.116. The molecule has 1 aliphatic rings.